The number of aliphatic hydroxyl groups excluding tert-OH is 1. The van der Waals surface area contributed by atoms with Gasteiger partial charge in [0.25, 0.3) is 17.7 Å². The molecular formula is C29H31F2N3O5. The zero-order valence-electron chi connectivity index (χ0n) is 21.9. The molecule has 0 aliphatic carbocycles. The molecule has 8 nitrogen and oxygen atoms in total. The maximum atomic E-state index is 14.3. The molecule has 1 heterocycles. The van der Waals surface area contributed by atoms with Crippen LogP contribution in [0.2, 0.25) is 0 Å². The number of phenols is 1. The lowest BCUT2D eigenvalue weighted by atomic mass is 9.97. The van der Waals surface area contributed by atoms with Gasteiger partial charge < -0.3 is 25.7 Å². The second kappa shape index (κ2) is 12.5. The largest absolute Gasteiger partial charge is 0.508 e. The quantitative estimate of drug-likeness (QED) is 0.288. The van der Waals surface area contributed by atoms with Crippen LogP contribution in [0.1, 0.15) is 35.3 Å². The Hall–Kier alpha value is -4.23. The van der Waals surface area contributed by atoms with Crippen molar-refractivity contribution in [3.8, 4) is 17.6 Å². The third-order valence-electron chi connectivity index (χ3n) is 6.44. The van der Waals surface area contributed by atoms with Gasteiger partial charge in [0.2, 0.25) is 0 Å². The summed E-state index contributed by atoms with van der Waals surface area (Å²) in [7, 11) is 0. The van der Waals surface area contributed by atoms with Crippen molar-refractivity contribution in [3.05, 3.63) is 76.9 Å². The molecule has 0 spiro atoms. The molecule has 0 radical (unpaired) electrons. The topological polar surface area (TPSA) is 119 Å². The Labute approximate surface area is 225 Å². The monoisotopic (exact) mass is 539 g/mol. The van der Waals surface area contributed by atoms with Crippen LogP contribution in [-0.4, -0.2) is 70.0 Å². The third kappa shape index (κ3) is 7.42. The van der Waals surface area contributed by atoms with E-state index in [2.05, 4.69) is 16.6 Å². The first-order chi connectivity index (χ1) is 18.4. The van der Waals surface area contributed by atoms with Crippen LogP contribution in [0.5, 0.6) is 5.75 Å². The van der Waals surface area contributed by atoms with E-state index in [1.54, 1.807) is 56.2 Å². The molecular weight excluding hydrogens is 508 g/mol. The van der Waals surface area contributed by atoms with Crippen LogP contribution in [0.4, 0.5) is 8.78 Å². The standard InChI is InChI=1S/C29H31F2N3O5/c1-4-18(2)16-32-27(38)23-13-14-29(30,31)17-34(23)28(39)25(36)22(15-20-9-6-5-7-10-20)33-26(37)21-11-8-12-24(35)19(21)3/h4-12,22-23,25,35-36H,15-17H2,1-3H3,(H,32,38)(H,33,37)/b18-4+/t22?,23-,25-/m0/s1. The molecule has 0 aromatic heterocycles. The fourth-order valence-electron chi connectivity index (χ4n) is 4.00. The lowest BCUT2D eigenvalue weighted by Gasteiger charge is -2.35. The van der Waals surface area contributed by atoms with Crippen LogP contribution in [0.25, 0.3) is 0 Å². The van der Waals surface area contributed by atoms with E-state index < -0.39 is 48.4 Å². The Morgan fingerprint density at radius 2 is 1.87 bits per heavy atom. The summed E-state index contributed by atoms with van der Waals surface area (Å²) in [4.78, 5) is 39.9. The summed E-state index contributed by atoms with van der Waals surface area (Å²) in [5.74, 6) is -2.47. The highest BCUT2D eigenvalue weighted by molar-refractivity contribution is 5.97. The maximum Gasteiger partial charge on any atom is 0.325 e. The number of hydrogen-bond acceptors (Lipinski definition) is 5. The van der Waals surface area contributed by atoms with Gasteiger partial charge in [-0.25, -0.2) is 0 Å². The second-order valence-electron chi connectivity index (χ2n) is 9.36. The zero-order chi connectivity index (χ0) is 28.7. The number of benzene rings is 2. The molecule has 1 aliphatic heterocycles. The minimum absolute atomic E-state index is 0.0232. The van der Waals surface area contributed by atoms with Gasteiger partial charge in [0.15, 0.2) is 12.1 Å². The van der Waals surface area contributed by atoms with Crippen LogP contribution in [0, 0.1) is 18.8 Å². The number of allylic oxidation sites excluding steroid dienone is 1. The molecule has 3 rings (SSSR count). The molecule has 39 heavy (non-hydrogen) atoms. The first-order valence-electron chi connectivity index (χ1n) is 12.4. The number of alkyl halides is 2. The van der Waals surface area contributed by atoms with Crippen LogP contribution >= 0.6 is 0 Å². The van der Waals surface area contributed by atoms with Crippen LogP contribution in [-0.2, 0) is 16.0 Å². The lowest BCUT2D eigenvalue weighted by Crippen LogP contribution is -2.60. The molecule has 2 aromatic rings. The van der Waals surface area contributed by atoms with Crippen molar-refractivity contribution >= 4 is 17.7 Å². The predicted molar refractivity (Wildman–Crippen MR) is 141 cm³/mol. The number of aromatic hydroxyl groups is 1. The number of hydrogen-bond donors (Lipinski definition) is 4. The number of carbonyl (C=O) groups excluding carboxylic acids is 3. The van der Waals surface area contributed by atoms with E-state index in [9.17, 15) is 33.4 Å². The van der Waals surface area contributed by atoms with Crippen molar-refractivity contribution in [3.63, 3.8) is 0 Å². The minimum atomic E-state index is -3.59. The van der Waals surface area contributed by atoms with E-state index in [-0.39, 0.29) is 29.8 Å². The number of amides is 3. The van der Waals surface area contributed by atoms with E-state index in [0.29, 0.717) is 10.5 Å². The minimum Gasteiger partial charge on any atom is -0.508 e. The van der Waals surface area contributed by atoms with Gasteiger partial charge >= 0.3 is 5.92 Å². The predicted octanol–water partition coefficient (Wildman–Crippen LogP) is 2.33. The van der Waals surface area contributed by atoms with Gasteiger partial charge in [-0.15, -0.1) is 0 Å². The van der Waals surface area contributed by atoms with Crippen molar-refractivity contribution in [2.24, 2.45) is 0 Å². The number of nitrogens with zero attached hydrogens (tertiary/aromatic N) is 1. The zero-order valence-corrected chi connectivity index (χ0v) is 21.9. The average molecular weight is 540 g/mol. The van der Waals surface area contributed by atoms with Crippen LogP contribution in [0.15, 0.2) is 60.2 Å². The molecule has 0 saturated heterocycles. The fraction of sp³-hybridized carbons (Fsp3) is 0.345. The first kappa shape index (κ1) is 29.3. The lowest BCUT2D eigenvalue weighted by molar-refractivity contribution is -0.151. The molecule has 206 valence electrons. The van der Waals surface area contributed by atoms with Crippen molar-refractivity contribution < 1.29 is 33.4 Å². The number of nitrogens with one attached hydrogen (secondary N) is 2. The number of phenolic OH excluding ortho intramolecular Hbond substituents is 1. The van der Waals surface area contributed by atoms with Crippen LogP contribution < -0.4 is 10.6 Å². The summed E-state index contributed by atoms with van der Waals surface area (Å²) < 4.78 is 28.5. The Morgan fingerprint density at radius 1 is 1.18 bits per heavy atom. The second-order valence-corrected chi connectivity index (χ2v) is 9.36. The Bertz CT molecular complexity index is 1320. The normalized spacial score (nSPS) is 17.8. The summed E-state index contributed by atoms with van der Waals surface area (Å²) in [6.45, 7) is 4.00. The number of rotatable bonds is 9. The van der Waals surface area contributed by atoms with Crippen molar-refractivity contribution in [1.82, 2.24) is 15.5 Å². The van der Waals surface area contributed by atoms with Gasteiger partial charge in [0.05, 0.1) is 12.6 Å². The number of carbonyl (C=O) groups is 3. The molecule has 1 unspecified atom stereocenters. The van der Waals surface area contributed by atoms with E-state index in [1.807, 2.05) is 0 Å². The van der Waals surface area contributed by atoms with Gasteiger partial charge in [-0.2, -0.15) is 8.78 Å². The summed E-state index contributed by atoms with van der Waals surface area (Å²) in [6.07, 6.45) is -0.251. The highest BCUT2D eigenvalue weighted by Gasteiger charge is 2.44. The van der Waals surface area contributed by atoms with Gasteiger partial charge in [-0.3, -0.25) is 14.4 Å². The average Bonchev–Trinajstić information content (AvgIpc) is 2.91. The maximum absolute atomic E-state index is 14.3. The van der Waals surface area contributed by atoms with E-state index in [0.717, 1.165) is 5.57 Å². The van der Waals surface area contributed by atoms with Gasteiger partial charge in [-0.1, -0.05) is 54.0 Å². The summed E-state index contributed by atoms with van der Waals surface area (Å²) >= 11 is 0. The summed E-state index contributed by atoms with van der Waals surface area (Å²) in [6, 6.07) is 10.2. The number of aliphatic hydroxyl groups is 1. The molecule has 0 fully saturated rings. The molecule has 2 aromatic carbocycles. The van der Waals surface area contributed by atoms with Gasteiger partial charge in [0, 0.05) is 17.7 Å². The molecule has 3 atom stereocenters. The summed E-state index contributed by atoms with van der Waals surface area (Å²) in [5.41, 5.74) is 1.86. The molecule has 4 N–H and O–H groups in total. The Balaban J connectivity index is 1.90. The molecule has 1 aliphatic rings. The van der Waals surface area contributed by atoms with Crippen molar-refractivity contribution in [1.29, 1.82) is 0 Å². The Kier molecular flexibility index (Phi) is 9.43. The number of halogens is 2. The first-order valence-corrected chi connectivity index (χ1v) is 12.4. The van der Waals surface area contributed by atoms with Gasteiger partial charge in [0.1, 0.15) is 5.75 Å². The molecule has 10 heteroatoms. The molecule has 0 bridgehead atoms. The van der Waals surface area contributed by atoms with E-state index >= 15 is 0 Å². The van der Waals surface area contributed by atoms with E-state index in [4.69, 9.17) is 0 Å². The molecule has 0 saturated carbocycles. The van der Waals surface area contributed by atoms with Crippen molar-refractivity contribution in [2.45, 2.75) is 51.3 Å². The third-order valence-corrected chi connectivity index (χ3v) is 6.44. The Morgan fingerprint density at radius 3 is 2.54 bits per heavy atom. The smallest absolute Gasteiger partial charge is 0.325 e. The van der Waals surface area contributed by atoms with Crippen molar-refractivity contribution in [2.75, 3.05) is 13.1 Å². The van der Waals surface area contributed by atoms with Crippen LogP contribution in [0.3, 0.4) is 0 Å². The molecule has 3 amide bonds. The SMILES string of the molecule is C/C=C(\C)CNC(=O)[C@@H]1C#CC(F)(F)CN1C(=O)[C@@H](O)C(Cc1ccccc1)NC(=O)c1cccc(O)c1C. The summed E-state index contributed by atoms with van der Waals surface area (Å²) in [5, 5.41) is 26.3. The van der Waals surface area contributed by atoms with Gasteiger partial charge in [-0.05, 0) is 50.8 Å². The highest BCUT2D eigenvalue weighted by Crippen LogP contribution is 2.23. The van der Waals surface area contributed by atoms with E-state index in [1.165, 1.54) is 25.1 Å². The highest BCUT2D eigenvalue weighted by atomic mass is 19.3. The fourth-order valence-corrected chi connectivity index (χ4v) is 4.00.